The van der Waals surface area contributed by atoms with E-state index in [1.807, 2.05) is 48.2 Å². The van der Waals surface area contributed by atoms with Gasteiger partial charge in [-0.25, -0.2) is 4.99 Å². The minimum atomic E-state index is 0.223. The average Bonchev–Trinajstić information content (AvgIpc) is 2.76. The number of carbonyl (C=O) groups excluding carboxylic acids is 1. The van der Waals surface area contributed by atoms with E-state index in [-0.39, 0.29) is 5.91 Å². The van der Waals surface area contributed by atoms with Crippen molar-refractivity contribution in [3.05, 3.63) is 59.7 Å². The van der Waals surface area contributed by atoms with Gasteiger partial charge in [0.1, 0.15) is 5.75 Å². The molecule has 2 aromatic rings. The molecule has 3 rings (SSSR count). The van der Waals surface area contributed by atoms with Gasteiger partial charge in [0.25, 0.3) is 0 Å². The number of piperidine rings is 1. The molecule has 1 heterocycles. The summed E-state index contributed by atoms with van der Waals surface area (Å²) in [4.78, 5) is 18.6. The van der Waals surface area contributed by atoms with Crippen LogP contribution in [0.4, 0.5) is 5.69 Å². The van der Waals surface area contributed by atoms with Crippen LogP contribution in [0.2, 0.25) is 0 Å². The summed E-state index contributed by atoms with van der Waals surface area (Å²) in [6, 6.07) is 16.1. The third-order valence-electron chi connectivity index (χ3n) is 4.93. The molecule has 6 heteroatoms. The molecule has 154 valence electrons. The molecular formula is C23H30N4O2. The molecule has 0 bridgehead atoms. The monoisotopic (exact) mass is 394 g/mol. The van der Waals surface area contributed by atoms with Crippen LogP contribution in [0.5, 0.6) is 5.75 Å². The molecule has 2 aromatic carbocycles. The van der Waals surface area contributed by atoms with Crippen LogP contribution in [-0.2, 0) is 17.9 Å². The molecule has 29 heavy (non-hydrogen) atoms. The van der Waals surface area contributed by atoms with E-state index < -0.39 is 0 Å². The van der Waals surface area contributed by atoms with Crippen LogP contribution in [0.1, 0.15) is 37.3 Å². The van der Waals surface area contributed by atoms with E-state index in [0.717, 1.165) is 54.5 Å². The predicted octanol–water partition coefficient (Wildman–Crippen LogP) is 3.47. The summed E-state index contributed by atoms with van der Waals surface area (Å²) < 4.78 is 5.27. The number of hydrogen-bond acceptors (Lipinski definition) is 3. The van der Waals surface area contributed by atoms with Crippen molar-refractivity contribution < 1.29 is 9.53 Å². The van der Waals surface area contributed by atoms with Crippen LogP contribution >= 0.6 is 0 Å². The third-order valence-corrected chi connectivity index (χ3v) is 4.93. The number of nitrogens with zero attached hydrogens (tertiary/aromatic N) is 2. The number of methoxy groups -OCH3 is 1. The second-order valence-electron chi connectivity index (χ2n) is 7.07. The zero-order valence-electron chi connectivity index (χ0n) is 17.3. The van der Waals surface area contributed by atoms with E-state index in [1.54, 1.807) is 7.11 Å². The molecule has 0 aliphatic carbocycles. The molecule has 0 unspecified atom stereocenters. The second kappa shape index (κ2) is 10.5. The minimum absolute atomic E-state index is 0.223. The number of ether oxygens (including phenoxy) is 1. The van der Waals surface area contributed by atoms with Crippen molar-refractivity contribution in [1.82, 2.24) is 10.6 Å². The Morgan fingerprint density at radius 3 is 2.66 bits per heavy atom. The Balaban J connectivity index is 1.58. The normalized spacial score (nSPS) is 14.6. The third kappa shape index (κ3) is 5.98. The highest BCUT2D eigenvalue weighted by Gasteiger charge is 2.19. The fourth-order valence-corrected chi connectivity index (χ4v) is 3.34. The number of benzene rings is 2. The van der Waals surface area contributed by atoms with Crippen molar-refractivity contribution in [3.63, 3.8) is 0 Å². The quantitative estimate of drug-likeness (QED) is 0.557. The number of guanidine groups is 1. The van der Waals surface area contributed by atoms with Gasteiger partial charge in [-0.3, -0.25) is 4.79 Å². The number of carbonyl (C=O) groups is 1. The van der Waals surface area contributed by atoms with Crippen molar-refractivity contribution in [2.24, 2.45) is 4.99 Å². The number of nitrogens with one attached hydrogen (secondary N) is 2. The summed E-state index contributed by atoms with van der Waals surface area (Å²) >= 11 is 0. The summed E-state index contributed by atoms with van der Waals surface area (Å²) in [5, 5.41) is 6.65. The largest absolute Gasteiger partial charge is 0.497 e. The lowest BCUT2D eigenvalue weighted by atomic mass is 10.1. The number of hydrogen-bond donors (Lipinski definition) is 2. The van der Waals surface area contributed by atoms with Crippen molar-refractivity contribution >= 4 is 17.6 Å². The Hall–Kier alpha value is -3.02. The lowest BCUT2D eigenvalue weighted by Gasteiger charge is -2.26. The number of anilines is 1. The van der Waals surface area contributed by atoms with Crippen molar-refractivity contribution in [2.45, 2.75) is 39.3 Å². The Kier molecular flexibility index (Phi) is 7.50. The maximum Gasteiger partial charge on any atom is 0.226 e. The lowest BCUT2D eigenvalue weighted by Crippen LogP contribution is -2.37. The molecule has 0 atom stereocenters. The van der Waals surface area contributed by atoms with Gasteiger partial charge in [-0.1, -0.05) is 24.3 Å². The fraction of sp³-hybridized carbons (Fsp3) is 0.391. The van der Waals surface area contributed by atoms with Gasteiger partial charge >= 0.3 is 0 Å². The molecule has 0 saturated carbocycles. The van der Waals surface area contributed by atoms with Crippen molar-refractivity contribution in [2.75, 3.05) is 25.1 Å². The molecule has 0 aromatic heterocycles. The first-order valence-corrected chi connectivity index (χ1v) is 10.2. The Bertz CT molecular complexity index is 833. The summed E-state index contributed by atoms with van der Waals surface area (Å²) in [6.45, 7) is 4.89. The van der Waals surface area contributed by atoms with E-state index in [1.165, 1.54) is 0 Å². The van der Waals surface area contributed by atoms with Gasteiger partial charge in [-0.05, 0) is 55.2 Å². The molecular weight excluding hydrogens is 364 g/mol. The van der Waals surface area contributed by atoms with Gasteiger partial charge < -0.3 is 20.3 Å². The SMILES string of the molecule is CCNC(=NCc1cccc(OC)c1)NCc1ccc(N2CCCCC2=O)cc1. The van der Waals surface area contributed by atoms with Crippen molar-refractivity contribution in [1.29, 1.82) is 0 Å². The maximum absolute atomic E-state index is 12.1. The first-order valence-electron chi connectivity index (χ1n) is 10.2. The van der Waals surface area contributed by atoms with E-state index in [2.05, 4.69) is 27.8 Å². The number of aliphatic imine (C=N–C) groups is 1. The van der Waals surface area contributed by atoms with Crippen LogP contribution in [0, 0.1) is 0 Å². The van der Waals surface area contributed by atoms with E-state index >= 15 is 0 Å². The van der Waals surface area contributed by atoms with E-state index in [9.17, 15) is 4.79 Å². The predicted molar refractivity (Wildman–Crippen MR) is 117 cm³/mol. The minimum Gasteiger partial charge on any atom is -0.497 e. The van der Waals surface area contributed by atoms with Gasteiger partial charge in [-0.15, -0.1) is 0 Å². The Morgan fingerprint density at radius 1 is 1.10 bits per heavy atom. The Morgan fingerprint density at radius 2 is 1.93 bits per heavy atom. The van der Waals surface area contributed by atoms with Gasteiger partial charge in [0.15, 0.2) is 5.96 Å². The summed E-state index contributed by atoms with van der Waals surface area (Å²) in [6.07, 6.45) is 2.73. The number of amides is 1. The molecule has 1 amide bonds. The summed E-state index contributed by atoms with van der Waals surface area (Å²) in [7, 11) is 1.67. The Labute approximate surface area is 173 Å². The molecule has 2 N–H and O–H groups in total. The highest BCUT2D eigenvalue weighted by molar-refractivity contribution is 5.93. The first-order chi connectivity index (χ1) is 14.2. The molecule has 0 spiro atoms. The second-order valence-corrected chi connectivity index (χ2v) is 7.07. The van der Waals surface area contributed by atoms with Crippen LogP contribution in [0.25, 0.3) is 0 Å². The topological polar surface area (TPSA) is 66.0 Å². The highest BCUT2D eigenvalue weighted by Crippen LogP contribution is 2.21. The highest BCUT2D eigenvalue weighted by atomic mass is 16.5. The van der Waals surface area contributed by atoms with E-state index in [0.29, 0.717) is 19.5 Å². The average molecular weight is 395 g/mol. The molecule has 1 fully saturated rings. The van der Waals surface area contributed by atoms with E-state index in [4.69, 9.17) is 4.74 Å². The smallest absolute Gasteiger partial charge is 0.226 e. The van der Waals surface area contributed by atoms with Crippen LogP contribution in [-0.4, -0.2) is 32.1 Å². The molecule has 1 aliphatic heterocycles. The zero-order valence-corrected chi connectivity index (χ0v) is 17.3. The van der Waals surface area contributed by atoms with Gasteiger partial charge in [0.05, 0.1) is 13.7 Å². The summed E-state index contributed by atoms with van der Waals surface area (Å²) in [5.41, 5.74) is 3.22. The molecule has 6 nitrogen and oxygen atoms in total. The first kappa shape index (κ1) is 20.7. The lowest BCUT2D eigenvalue weighted by molar-refractivity contribution is -0.119. The molecule has 1 saturated heterocycles. The van der Waals surface area contributed by atoms with Gasteiger partial charge in [0, 0.05) is 31.7 Å². The fourth-order valence-electron chi connectivity index (χ4n) is 3.34. The molecule has 0 radical (unpaired) electrons. The van der Waals surface area contributed by atoms with Crippen LogP contribution < -0.4 is 20.3 Å². The van der Waals surface area contributed by atoms with Gasteiger partial charge in [-0.2, -0.15) is 0 Å². The molecule has 1 aliphatic rings. The van der Waals surface area contributed by atoms with Crippen LogP contribution in [0.3, 0.4) is 0 Å². The van der Waals surface area contributed by atoms with Crippen LogP contribution in [0.15, 0.2) is 53.5 Å². The maximum atomic E-state index is 12.1. The zero-order chi connectivity index (χ0) is 20.5. The number of rotatable bonds is 7. The van der Waals surface area contributed by atoms with Crippen molar-refractivity contribution in [3.8, 4) is 5.75 Å². The summed E-state index contributed by atoms with van der Waals surface area (Å²) in [5.74, 6) is 1.83. The van der Waals surface area contributed by atoms with Gasteiger partial charge in [0.2, 0.25) is 5.91 Å². The standard InChI is InChI=1S/C23H30N4O2/c1-3-24-23(26-17-19-7-6-8-21(15-19)29-2)25-16-18-10-12-20(13-11-18)27-14-5-4-9-22(27)28/h6-8,10-13,15H,3-5,9,14,16-17H2,1-2H3,(H2,24,25,26).